The van der Waals surface area contributed by atoms with Crippen LogP contribution in [0.5, 0.6) is 0 Å². The van der Waals surface area contributed by atoms with Crippen LogP contribution in [0.3, 0.4) is 0 Å². The summed E-state index contributed by atoms with van der Waals surface area (Å²) in [6.45, 7) is 7.12. The third-order valence-electron chi connectivity index (χ3n) is 4.86. The van der Waals surface area contributed by atoms with Gasteiger partial charge in [-0.25, -0.2) is 4.79 Å². The lowest BCUT2D eigenvalue weighted by Gasteiger charge is -2.33. The fraction of sp³-hybridized carbons (Fsp3) is 0.455. The molecule has 0 saturated carbocycles. The number of carbonyl (C=O) groups excluding carboxylic acids is 2. The number of nitrogens with one attached hydrogen (secondary N) is 3. The normalized spacial score (nSPS) is 16.7. The zero-order chi connectivity index (χ0) is 23.1. The van der Waals surface area contributed by atoms with Crippen molar-refractivity contribution in [3.05, 3.63) is 57.5 Å². The second kappa shape index (κ2) is 11.6. The molecule has 1 atom stereocenters. The van der Waals surface area contributed by atoms with Crippen molar-refractivity contribution in [1.82, 2.24) is 20.9 Å². The number of rotatable bonds is 8. The molecule has 0 spiro atoms. The molecule has 1 aromatic heterocycles. The highest BCUT2D eigenvalue weighted by molar-refractivity contribution is 6.42. The van der Waals surface area contributed by atoms with Gasteiger partial charge in [0.05, 0.1) is 34.9 Å². The minimum atomic E-state index is -0.334. The molecule has 2 aromatic rings. The number of morpholine rings is 1. The van der Waals surface area contributed by atoms with Crippen molar-refractivity contribution < 1.29 is 18.7 Å². The molecule has 3 amide bonds. The number of ether oxygens (including phenoxy) is 1. The smallest absolute Gasteiger partial charge is 0.315 e. The number of halogens is 2. The van der Waals surface area contributed by atoms with Gasteiger partial charge in [-0.05, 0) is 37.6 Å². The monoisotopic (exact) mass is 482 g/mol. The highest BCUT2D eigenvalue weighted by atomic mass is 35.5. The Labute approximate surface area is 197 Å². The van der Waals surface area contributed by atoms with Gasteiger partial charge in [0.2, 0.25) is 0 Å². The molecule has 1 aromatic carbocycles. The second-order valence-corrected chi connectivity index (χ2v) is 8.78. The predicted molar refractivity (Wildman–Crippen MR) is 123 cm³/mol. The lowest BCUT2D eigenvalue weighted by atomic mass is 10.2. The van der Waals surface area contributed by atoms with E-state index in [4.69, 9.17) is 32.4 Å². The van der Waals surface area contributed by atoms with E-state index < -0.39 is 0 Å². The van der Waals surface area contributed by atoms with Crippen LogP contribution in [0.4, 0.5) is 4.79 Å². The summed E-state index contributed by atoms with van der Waals surface area (Å²) in [5.41, 5.74) is 1.50. The number of benzene rings is 1. The number of hydrogen-bond acceptors (Lipinski definition) is 5. The van der Waals surface area contributed by atoms with Crippen molar-refractivity contribution in [2.24, 2.45) is 0 Å². The standard InChI is InChI=1S/C22H28Cl2N4O4/c1-14(2)27-21(29)16-8-17(32-13-16)9-25-22(30)26-10-18-12-28(5-6-31-18)11-15-3-4-19(23)20(24)7-15/h3-4,7-8,13-14,18H,5-6,9-12H2,1-2H3,(H,27,29)(H2,25,26,30)/t18-/m0/s1. The lowest BCUT2D eigenvalue weighted by Crippen LogP contribution is -2.48. The summed E-state index contributed by atoms with van der Waals surface area (Å²) in [5, 5.41) is 9.40. The van der Waals surface area contributed by atoms with Gasteiger partial charge in [0.25, 0.3) is 5.91 Å². The first-order valence-electron chi connectivity index (χ1n) is 10.5. The molecular formula is C22H28Cl2N4O4. The maximum atomic E-state index is 12.1. The van der Waals surface area contributed by atoms with E-state index in [1.165, 1.54) is 6.26 Å². The van der Waals surface area contributed by atoms with Crippen molar-refractivity contribution in [2.45, 2.75) is 39.1 Å². The largest absolute Gasteiger partial charge is 0.467 e. The number of amides is 3. The van der Waals surface area contributed by atoms with E-state index in [9.17, 15) is 9.59 Å². The van der Waals surface area contributed by atoms with Gasteiger partial charge in [-0.15, -0.1) is 0 Å². The molecule has 0 unspecified atom stereocenters. The average Bonchev–Trinajstić information content (AvgIpc) is 3.23. The lowest BCUT2D eigenvalue weighted by molar-refractivity contribution is -0.0287. The van der Waals surface area contributed by atoms with E-state index in [1.54, 1.807) is 12.1 Å². The topological polar surface area (TPSA) is 95.8 Å². The average molecular weight is 483 g/mol. The third-order valence-corrected chi connectivity index (χ3v) is 5.60. The van der Waals surface area contributed by atoms with E-state index in [1.807, 2.05) is 26.0 Å². The van der Waals surface area contributed by atoms with Crippen LogP contribution in [0, 0.1) is 0 Å². The maximum Gasteiger partial charge on any atom is 0.315 e. The van der Waals surface area contributed by atoms with E-state index >= 15 is 0 Å². The molecule has 0 radical (unpaired) electrons. The molecule has 10 heteroatoms. The Balaban J connectivity index is 1.39. The fourth-order valence-electron chi connectivity index (χ4n) is 3.32. The summed E-state index contributed by atoms with van der Waals surface area (Å²) < 4.78 is 11.1. The van der Waals surface area contributed by atoms with E-state index in [0.29, 0.717) is 41.1 Å². The first-order valence-corrected chi connectivity index (χ1v) is 11.2. The summed E-state index contributed by atoms with van der Waals surface area (Å²) >= 11 is 12.1. The molecule has 3 N–H and O–H groups in total. The van der Waals surface area contributed by atoms with Gasteiger partial charge in [0.1, 0.15) is 12.0 Å². The fourth-order valence-corrected chi connectivity index (χ4v) is 3.64. The zero-order valence-electron chi connectivity index (χ0n) is 18.1. The summed E-state index contributed by atoms with van der Waals surface area (Å²) in [5.74, 6) is 0.287. The van der Waals surface area contributed by atoms with E-state index in [0.717, 1.165) is 18.7 Å². The molecule has 8 nitrogen and oxygen atoms in total. The molecule has 1 saturated heterocycles. The third kappa shape index (κ3) is 7.41. The Bertz CT molecular complexity index is 934. The summed E-state index contributed by atoms with van der Waals surface area (Å²) in [4.78, 5) is 26.4. The summed E-state index contributed by atoms with van der Waals surface area (Å²) in [6, 6.07) is 6.93. The van der Waals surface area contributed by atoms with Crippen molar-refractivity contribution >= 4 is 35.1 Å². The summed E-state index contributed by atoms with van der Waals surface area (Å²) in [7, 11) is 0. The van der Waals surface area contributed by atoms with Crippen molar-refractivity contribution in [3.8, 4) is 0 Å². The minimum Gasteiger partial charge on any atom is -0.467 e. The van der Waals surface area contributed by atoms with Crippen LogP contribution in [-0.4, -0.2) is 55.2 Å². The second-order valence-electron chi connectivity index (χ2n) is 7.97. The van der Waals surface area contributed by atoms with Crippen LogP contribution >= 0.6 is 23.2 Å². The Kier molecular flexibility index (Phi) is 8.81. The van der Waals surface area contributed by atoms with Crippen molar-refractivity contribution in [3.63, 3.8) is 0 Å². The SMILES string of the molecule is CC(C)NC(=O)c1coc(CNC(=O)NC[C@H]2CN(Cc3ccc(Cl)c(Cl)c3)CCO2)c1. The summed E-state index contributed by atoms with van der Waals surface area (Å²) in [6.07, 6.45) is 1.26. The number of hydrogen-bond donors (Lipinski definition) is 3. The van der Waals surface area contributed by atoms with Crippen LogP contribution in [0.15, 0.2) is 34.9 Å². The highest BCUT2D eigenvalue weighted by Crippen LogP contribution is 2.23. The van der Waals surface area contributed by atoms with Gasteiger partial charge < -0.3 is 25.1 Å². The van der Waals surface area contributed by atoms with Crippen LogP contribution < -0.4 is 16.0 Å². The number of nitrogens with zero attached hydrogens (tertiary/aromatic N) is 1. The van der Waals surface area contributed by atoms with Crippen molar-refractivity contribution in [2.75, 3.05) is 26.2 Å². The Hall–Kier alpha value is -2.26. The van der Waals surface area contributed by atoms with Gasteiger partial charge in [-0.2, -0.15) is 0 Å². The Morgan fingerprint density at radius 2 is 2.00 bits per heavy atom. The molecule has 0 bridgehead atoms. The molecule has 0 aliphatic carbocycles. The van der Waals surface area contributed by atoms with E-state index in [-0.39, 0.29) is 30.6 Å². The van der Waals surface area contributed by atoms with Gasteiger partial charge in [-0.1, -0.05) is 29.3 Å². The number of urea groups is 1. The molecular weight excluding hydrogens is 455 g/mol. The van der Waals surface area contributed by atoms with E-state index in [2.05, 4.69) is 20.9 Å². The zero-order valence-corrected chi connectivity index (χ0v) is 19.6. The maximum absolute atomic E-state index is 12.1. The van der Waals surface area contributed by atoms with Crippen LogP contribution in [-0.2, 0) is 17.8 Å². The molecule has 2 heterocycles. The molecule has 3 rings (SSSR count). The quantitative estimate of drug-likeness (QED) is 0.535. The molecule has 1 aliphatic heterocycles. The van der Waals surface area contributed by atoms with Crippen LogP contribution in [0.1, 0.15) is 35.5 Å². The van der Waals surface area contributed by atoms with Gasteiger partial charge in [0, 0.05) is 32.2 Å². The first kappa shape index (κ1) is 24.4. The first-order chi connectivity index (χ1) is 15.3. The van der Waals surface area contributed by atoms with Gasteiger partial charge >= 0.3 is 6.03 Å². The Morgan fingerprint density at radius 1 is 1.19 bits per heavy atom. The molecule has 1 fully saturated rings. The molecule has 174 valence electrons. The van der Waals surface area contributed by atoms with Gasteiger partial charge in [-0.3, -0.25) is 9.69 Å². The number of carbonyl (C=O) groups is 2. The minimum absolute atomic E-state index is 0.0340. The number of furan rings is 1. The van der Waals surface area contributed by atoms with Crippen LogP contribution in [0.25, 0.3) is 0 Å². The molecule has 1 aliphatic rings. The highest BCUT2D eigenvalue weighted by Gasteiger charge is 2.21. The predicted octanol–water partition coefficient (Wildman–Crippen LogP) is 3.42. The molecule has 32 heavy (non-hydrogen) atoms. The van der Waals surface area contributed by atoms with Gasteiger partial charge in [0.15, 0.2) is 0 Å². The van der Waals surface area contributed by atoms with Crippen LogP contribution in [0.2, 0.25) is 10.0 Å². The van der Waals surface area contributed by atoms with Crippen molar-refractivity contribution in [1.29, 1.82) is 0 Å². The Morgan fingerprint density at radius 3 is 2.75 bits per heavy atom.